The van der Waals surface area contributed by atoms with E-state index in [1.54, 1.807) is 18.3 Å². The largest absolute Gasteiger partial charge is 0.345 e. The molecule has 1 N–H and O–H groups in total. The molecule has 0 unspecified atom stereocenters. The summed E-state index contributed by atoms with van der Waals surface area (Å²) in [6.45, 7) is 6.01. The molecule has 0 saturated carbocycles. The molecule has 5 heteroatoms. The molecular weight excluding hydrogens is 260 g/mol. The lowest BCUT2D eigenvalue weighted by Gasteiger charge is -2.25. The number of carbonyl (C=O) groups is 2. The minimum absolute atomic E-state index is 0.0143. The Balaban J connectivity index is 2.01. The Morgan fingerprint density at radius 2 is 2.26 bits per heavy atom. The zero-order valence-electron chi connectivity index (χ0n) is 11.6. The molecule has 19 heavy (non-hydrogen) atoms. The van der Waals surface area contributed by atoms with Crippen molar-refractivity contribution in [1.82, 2.24) is 10.2 Å². The summed E-state index contributed by atoms with van der Waals surface area (Å²) in [5.74, 6) is 0.275. The quantitative estimate of drug-likeness (QED) is 0.920. The lowest BCUT2D eigenvalue weighted by molar-refractivity contribution is -0.136. The third kappa shape index (κ3) is 3.15. The Kier molecular flexibility index (Phi) is 4.24. The zero-order valence-corrected chi connectivity index (χ0v) is 12.4. The Hall–Kier alpha value is -1.36. The van der Waals surface area contributed by atoms with Crippen LogP contribution in [0.2, 0.25) is 0 Å². The summed E-state index contributed by atoms with van der Waals surface area (Å²) < 4.78 is 0. The van der Waals surface area contributed by atoms with Crippen molar-refractivity contribution in [1.29, 1.82) is 0 Å². The second kappa shape index (κ2) is 5.74. The van der Waals surface area contributed by atoms with Crippen LogP contribution < -0.4 is 5.32 Å². The summed E-state index contributed by atoms with van der Waals surface area (Å²) in [6, 6.07) is 1.92. The van der Waals surface area contributed by atoms with E-state index in [4.69, 9.17) is 0 Å². The van der Waals surface area contributed by atoms with Gasteiger partial charge in [0.15, 0.2) is 0 Å². The van der Waals surface area contributed by atoms with Crippen LogP contribution in [0.3, 0.4) is 0 Å². The van der Waals surface area contributed by atoms with Crippen molar-refractivity contribution in [3.63, 3.8) is 0 Å². The van der Waals surface area contributed by atoms with Crippen molar-refractivity contribution in [2.45, 2.75) is 45.2 Å². The van der Waals surface area contributed by atoms with Crippen LogP contribution in [0.5, 0.6) is 0 Å². The molecule has 2 heterocycles. The molecule has 1 fully saturated rings. The molecule has 2 amide bonds. The first-order chi connectivity index (χ1) is 8.99. The van der Waals surface area contributed by atoms with E-state index in [9.17, 15) is 9.59 Å². The molecule has 1 aliphatic rings. The molecule has 1 aromatic heterocycles. The fourth-order valence-electron chi connectivity index (χ4n) is 2.70. The maximum Gasteiger partial charge on any atom is 0.245 e. The molecule has 1 aliphatic heterocycles. The van der Waals surface area contributed by atoms with E-state index in [0.29, 0.717) is 5.92 Å². The van der Waals surface area contributed by atoms with E-state index in [-0.39, 0.29) is 17.9 Å². The second-order valence-electron chi connectivity index (χ2n) is 5.25. The number of hydrogen-bond donors (Lipinski definition) is 1. The highest BCUT2D eigenvalue weighted by atomic mass is 32.1. The standard InChI is InChI=1S/C14H20N2O2S/c1-9-6-13(12-4-5-19-8-12)7-16(9)14(18)10(2)15-11(3)17/h4-5,8-10,13H,6-7H2,1-3H3,(H,15,17)/t9-,10-,13-/m1/s1. The summed E-state index contributed by atoms with van der Waals surface area (Å²) in [6.07, 6.45) is 0.995. The monoisotopic (exact) mass is 280 g/mol. The molecule has 0 bridgehead atoms. The van der Waals surface area contributed by atoms with Gasteiger partial charge in [-0.2, -0.15) is 11.3 Å². The number of amides is 2. The minimum Gasteiger partial charge on any atom is -0.345 e. The van der Waals surface area contributed by atoms with Gasteiger partial charge in [0.2, 0.25) is 11.8 Å². The summed E-state index contributed by atoms with van der Waals surface area (Å²) in [5, 5.41) is 6.89. The minimum atomic E-state index is -0.443. The molecule has 104 valence electrons. The predicted molar refractivity (Wildman–Crippen MR) is 76.1 cm³/mol. The lowest BCUT2D eigenvalue weighted by Crippen LogP contribution is -2.47. The van der Waals surface area contributed by atoms with Crippen molar-refractivity contribution in [2.75, 3.05) is 6.54 Å². The van der Waals surface area contributed by atoms with Gasteiger partial charge in [-0.3, -0.25) is 9.59 Å². The SMILES string of the molecule is CC(=O)N[C@H](C)C(=O)N1C[C@H](c2ccsc2)C[C@H]1C. The number of likely N-dealkylation sites (tertiary alicyclic amines) is 1. The average molecular weight is 280 g/mol. The van der Waals surface area contributed by atoms with E-state index in [1.807, 2.05) is 4.90 Å². The zero-order chi connectivity index (χ0) is 14.0. The van der Waals surface area contributed by atoms with Crippen LogP contribution in [-0.2, 0) is 9.59 Å². The fourth-order valence-corrected chi connectivity index (χ4v) is 3.44. The van der Waals surface area contributed by atoms with Gasteiger partial charge in [-0.25, -0.2) is 0 Å². The predicted octanol–water partition coefficient (Wildman–Crippen LogP) is 1.98. The normalized spacial score (nSPS) is 24.3. The van der Waals surface area contributed by atoms with Crippen molar-refractivity contribution in [3.05, 3.63) is 22.4 Å². The highest BCUT2D eigenvalue weighted by molar-refractivity contribution is 7.07. The van der Waals surface area contributed by atoms with E-state index >= 15 is 0 Å². The molecule has 3 atom stereocenters. The van der Waals surface area contributed by atoms with Gasteiger partial charge in [0.05, 0.1) is 0 Å². The van der Waals surface area contributed by atoms with Gasteiger partial charge in [0.1, 0.15) is 6.04 Å². The van der Waals surface area contributed by atoms with E-state index in [2.05, 4.69) is 29.1 Å². The topological polar surface area (TPSA) is 49.4 Å². The number of nitrogens with one attached hydrogen (secondary N) is 1. The van der Waals surface area contributed by atoms with E-state index in [1.165, 1.54) is 12.5 Å². The Labute approximate surface area is 117 Å². The van der Waals surface area contributed by atoms with Crippen LogP contribution in [0.1, 0.15) is 38.7 Å². The highest BCUT2D eigenvalue weighted by Gasteiger charge is 2.35. The molecule has 0 aromatic carbocycles. The van der Waals surface area contributed by atoms with Gasteiger partial charge < -0.3 is 10.2 Å². The molecule has 0 spiro atoms. The van der Waals surface area contributed by atoms with E-state index in [0.717, 1.165) is 13.0 Å². The summed E-state index contributed by atoms with van der Waals surface area (Å²) in [7, 11) is 0. The first-order valence-corrected chi connectivity index (χ1v) is 7.53. The molecule has 0 radical (unpaired) electrons. The van der Waals surface area contributed by atoms with Crippen molar-refractivity contribution in [2.24, 2.45) is 0 Å². The third-order valence-corrected chi connectivity index (χ3v) is 4.36. The van der Waals surface area contributed by atoms with Crippen molar-refractivity contribution in [3.8, 4) is 0 Å². The number of rotatable bonds is 3. The number of carbonyl (C=O) groups excluding carboxylic acids is 2. The van der Waals surface area contributed by atoms with Crippen LogP contribution in [0.15, 0.2) is 16.8 Å². The van der Waals surface area contributed by atoms with Gasteiger partial charge in [-0.1, -0.05) is 0 Å². The van der Waals surface area contributed by atoms with Gasteiger partial charge in [-0.15, -0.1) is 0 Å². The smallest absolute Gasteiger partial charge is 0.245 e. The Morgan fingerprint density at radius 3 is 2.84 bits per heavy atom. The van der Waals surface area contributed by atoms with Crippen LogP contribution in [-0.4, -0.2) is 35.3 Å². The molecule has 4 nitrogen and oxygen atoms in total. The third-order valence-electron chi connectivity index (χ3n) is 3.66. The second-order valence-corrected chi connectivity index (χ2v) is 6.03. The summed E-state index contributed by atoms with van der Waals surface area (Å²) in [4.78, 5) is 25.2. The van der Waals surface area contributed by atoms with Gasteiger partial charge in [0, 0.05) is 25.4 Å². The first-order valence-electron chi connectivity index (χ1n) is 6.58. The van der Waals surface area contributed by atoms with E-state index < -0.39 is 6.04 Å². The van der Waals surface area contributed by atoms with Crippen LogP contribution >= 0.6 is 11.3 Å². The maximum atomic E-state index is 12.3. The highest BCUT2D eigenvalue weighted by Crippen LogP contribution is 2.32. The average Bonchev–Trinajstić information content (AvgIpc) is 2.95. The summed E-state index contributed by atoms with van der Waals surface area (Å²) in [5.41, 5.74) is 1.32. The van der Waals surface area contributed by atoms with Gasteiger partial charge in [-0.05, 0) is 42.7 Å². The number of thiophene rings is 1. The maximum absolute atomic E-state index is 12.3. The van der Waals surface area contributed by atoms with Crippen LogP contribution in [0.4, 0.5) is 0 Å². The fraction of sp³-hybridized carbons (Fsp3) is 0.571. The number of hydrogen-bond acceptors (Lipinski definition) is 3. The molecule has 0 aliphatic carbocycles. The van der Waals surface area contributed by atoms with Crippen LogP contribution in [0, 0.1) is 0 Å². The Morgan fingerprint density at radius 1 is 1.53 bits per heavy atom. The molecule has 2 rings (SSSR count). The van der Waals surface area contributed by atoms with Crippen molar-refractivity contribution < 1.29 is 9.59 Å². The molecule has 1 saturated heterocycles. The molecule has 1 aromatic rings. The lowest BCUT2D eigenvalue weighted by atomic mass is 10.00. The van der Waals surface area contributed by atoms with Gasteiger partial charge >= 0.3 is 0 Å². The molecular formula is C14H20N2O2S. The van der Waals surface area contributed by atoms with Crippen molar-refractivity contribution >= 4 is 23.2 Å². The first kappa shape index (κ1) is 14.1. The van der Waals surface area contributed by atoms with Crippen LogP contribution in [0.25, 0.3) is 0 Å². The van der Waals surface area contributed by atoms with Gasteiger partial charge in [0.25, 0.3) is 0 Å². The summed E-state index contributed by atoms with van der Waals surface area (Å²) >= 11 is 1.69. The Bertz CT molecular complexity index is 458. The number of nitrogens with zero attached hydrogens (tertiary/aromatic N) is 1.